The largest absolute Gasteiger partial charge is 0.325 e. The highest BCUT2D eigenvalue weighted by Gasteiger charge is 2.17. The van der Waals surface area contributed by atoms with E-state index in [4.69, 9.17) is 4.98 Å². The summed E-state index contributed by atoms with van der Waals surface area (Å²) >= 11 is 0. The Balaban J connectivity index is 1.38. The number of aromatic amines is 2. The smallest absolute Gasteiger partial charge is 0.224 e. The van der Waals surface area contributed by atoms with Crippen LogP contribution in [0.3, 0.4) is 0 Å². The Hall–Kier alpha value is -4.99. The number of nitrogens with zero attached hydrogens (tertiary/aromatic N) is 6. The summed E-state index contributed by atoms with van der Waals surface area (Å²) in [4.78, 5) is 37.8. The number of amides is 1. The maximum absolute atomic E-state index is 12.2. The third kappa shape index (κ3) is 4.40. The first-order valence-electron chi connectivity index (χ1n) is 11.9. The summed E-state index contributed by atoms with van der Waals surface area (Å²) in [5.41, 5.74) is 6.96. The molecule has 6 heterocycles. The van der Waals surface area contributed by atoms with Gasteiger partial charge in [-0.2, -0.15) is 5.10 Å². The second-order valence-electron chi connectivity index (χ2n) is 9.18. The standard InChI is InChI=1S/C27H23N9O/c1-15(2)9-22(37)32-19-10-17(12-29-14-19)18-11-21-24(35-36-25(21)31-13-18)27-33-23-20(5-8-30-26(23)34-27)16-3-6-28-7-4-16/h3-8,10-15H,9H2,1-2H3,(H,32,37)(H,30,33,34)(H,31,35,36). The lowest BCUT2D eigenvalue weighted by Gasteiger charge is -2.08. The molecule has 0 saturated carbocycles. The SMILES string of the molecule is CC(C)CC(=O)Nc1cncc(-c2cnc3[nH]nc(-c4nc5c(-c6ccncc6)ccnc5[nH]4)c3c2)c1. The van der Waals surface area contributed by atoms with E-state index in [0.29, 0.717) is 34.9 Å². The average Bonchev–Trinajstić information content (AvgIpc) is 3.52. The highest BCUT2D eigenvalue weighted by molar-refractivity contribution is 5.96. The molecule has 0 atom stereocenters. The second kappa shape index (κ2) is 9.23. The van der Waals surface area contributed by atoms with Crippen LogP contribution in [0.25, 0.3) is 56.0 Å². The lowest BCUT2D eigenvalue weighted by molar-refractivity contribution is -0.116. The predicted octanol–water partition coefficient (Wildman–Crippen LogP) is 5.00. The number of aromatic nitrogens is 8. The van der Waals surface area contributed by atoms with Gasteiger partial charge in [-0.15, -0.1) is 0 Å². The van der Waals surface area contributed by atoms with Crippen LogP contribution in [0.1, 0.15) is 20.3 Å². The van der Waals surface area contributed by atoms with Crippen LogP contribution in [0.2, 0.25) is 0 Å². The van der Waals surface area contributed by atoms with Crippen molar-refractivity contribution in [1.82, 2.24) is 40.1 Å². The van der Waals surface area contributed by atoms with Crippen molar-refractivity contribution in [3.63, 3.8) is 0 Å². The maximum Gasteiger partial charge on any atom is 0.224 e. The Bertz CT molecular complexity index is 1740. The van der Waals surface area contributed by atoms with Gasteiger partial charge in [0.25, 0.3) is 0 Å². The van der Waals surface area contributed by atoms with Gasteiger partial charge in [-0.25, -0.2) is 15.0 Å². The summed E-state index contributed by atoms with van der Waals surface area (Å²) in [7, 11) is 0. The minimum absolute atomic E-state index is 0.0377. The minimum Gasteiger partial charge on any atom is -0.325 e. The molecule has 6 rings (SSSR count). The van der Waals surface area contributed by atoms with Gasteiger partial charge in [-0.1, -0.05) is 13.8 Å². The number of imidazole rings is 1. The Morgan fingerprint density at radius 1 is 0.919 bits per heavy atom. The highest BCUT2D eigenvalue weighted by atomic mass is 16.1. The average molecular weight is 490 g/mol. The molecule has 6 aromatic rings. The van der Waals surface area contributed by atoms with E-state index in [0.717, 1.165) is 33.2 Å². The topological polar surface area (TPSA) is 138 Å². The number of rotatable bonds is 6. The molecule has 0 aliphatic heterocycles. The molecule has 10 nitrogen and oxygen atoms in total. The minimum atomic E-state index is -0.0377. The molecule has 0 saturated heterocycles. The fraction of sp³-hybridized carbons (Fsp3) is 0.148. The third-order valence-electron chi connectivity index (χ3n) is 5.97. The van der Waals surface area contributed by atoms with Gasteiger partial charge in [-0.05, 0) is 41.8 Å². The second-order valence-corrected chi connectivity index (χ2v) is 9.18. The molecule has 0 aliphatic rings. The molecule has 0 bridgehead atoms. The predicted molar refractivity (Wildman–Crippen MR) is 141 cm³/mol. The zero-order valence-electron chi connectivity index (χ0n) is 20.2. The van der Waals surface area contributed by atoms with Gasteiger partial charge in [0, 0.05) is 54.1 Å². The number of pyridine rings is 4. The molecule has 0 aromatic carbocycles. The maximum atomic E-state index is 12.2. The molecule has 0 aliphatic carbocycles. The van der Waals surface area contributed by atoms with Crippen LogP contribution in [-0.4, -0.2) is 46.0 Å². The fourth-order valence-electron chi connectivity index (χ4n) is 4.28. The van der Waals surface area contributed by atoms with Crippen molar-refractivity contribution < 1.29 is 4.79 Å². The number of anilines is 1. The number of H-pyrrole nitrogens is 2. The number of hydrogen-bond acceptors (Lipinski definition) is 7. The van der Waals surface area contributed by atoms with E-state index >= 15 is 0 Å². The van der Waals surface area contributed by atoms with Crippen molar-refractivity contribution in [3.05, 3.63) is 67.5 Å². The molecule has 0 fully saturated rings. The number of hydrogen-bond donors (Lipinski definition) is 3. The molecular formula is C27H23N9O. The Morgan fingerprint density at radius 2 is 1.76 bits per heavy atom. The summed E-state index contributed by atoms with van der Waals surface area (Å²) in [6.07, 6.45) is 10.8. The van der Waals surface area contributed by atoms with Crippen molar-refractivity contribution in [2.45, 2.75) is 20.3 Å². The van der Waals surface area contributed by atoms with Crippen molar-refractivity contribution in [2.24, 2.45) is 5.92 Å². The Labute approximate surface area is 211 Å². The quantitative estimate of drug-likeness (QED) is 0.299. The van der Waals surface area contributed by atoms with Gasteiger partial charge in [0.1, 0.15) is 11.2 Å². The van der Waals surface area contributed by atoms with Crippen LogP contribution in [0.15, 0.2) is 67.5 Å². The number of fused-ring (bicyclic) bond motifs is 2. The fourth-order valence-corrected chi connectivity index (χ4v) is 4.28. The number of nitrogens with one attached hydrogen (secondary N) is 3. The normalized spacial score (nSPS) is 11.4. The first kappa shape index (κ1) is 22.5. The monoisotopic (exact) mass is 489 g/mol. The molecule has 10 heteroatoms. The van der Waals surface area contributed by atoms with Gasteiger partial charge in [0.15, 0.2) is 17.1 Å². The van der Waals surface area contributed by atoms with E-state index < -0.39 is 0 Å². The lowest BCUT2D eigenvalue weighted by atomic mass is 10.1. The first-order chi connectivity index (χ1) is 18.0. The molecule has 1 amide bonds. The molecule has 0 spiro atoms. The summed E-state index contributed by atoms with van der Waals surface area (Å²) in [6.45, 7) is 4.02. The van der Waals surface area contributed by atoms with E-state index in [2.05, 4.69) is 40.4 Å². The van der Waals surface area contributed by atoms with Crippen molar-refractivity contribution in [2.75, 3.05) is 5.32 Å². The molecule has 0 radical (unpaired) electrons. The van der Waals surface area contributed by atoms with Gasteiger partial charge < -0.3 is 10.3 Å². The van der Waals surface area contributed by atoms with Crippen LogP contribution in [-0.2, 0) is 4.79 Å². The van der Waals surface area contributed by atoms with Gasteiger partial charge in [0.05, 0.1) is 17.3 Å². The Kier molecular flexibility index (Phi) is 5.61. The summed E-state index contributed by atoms with van der Waals surface area (Å²) in [5, 5.41) is 11.2. The summed E-state index contributed by atoms with van der Waals surface area (Å²) in [5.74, 6) is 0.822. The molecule has 3 N–H and O–H groups in total. The first-order valence-corrected chi connectivity index (χ1v) is 11.9. The zero-order valence-corrected chi connectivity index (χ0v) is 20.2. The molecule has 37 heavy (non-hydrogen) atoms. The van der Waals surface area contributed by atoms with Crippen molar-refractivity contribution in [1.29, 1.82) is 0 Å². The van der Waals surface area contributed by atoms with Crippen LogP contribution in [0.5, 0.6) is 0 Å². The van der Waals surface area contributed by atoms with E-state index in [9.17, 15) is 4.79 Å². The summed E-state index contributed by atoms with van der Waals surface area (Å²) in [6, 6.07) is 9.69. The Morgan fingerprint density at radius 3 is 2.59 bits per heavy atom. The lowest BCUT2D eigenvalue weighted by Crippen LogP contribution is -2.13. The van der Waals surface area contributed by atoms with Gasteiger partial charge in [0.2, 0.25) is 5.91 Å². The van der Waals surface area contributed by atoms with Gasteiger partial charge >= 0.3 is 0 Å². The van der Waals surface area contributed by atoms with Crippen molar-refractivity contribution in [3.8, 4) is 33.8 Å². The number of carbonyl (C=O) groups excluding carboxylic acids is 1. The van der Waals surface area contributed by atoms with Gasteiger partial charge in [-0.3, -0.25) is 19.9 Å². The molecule has 0 unspecified atom stereocenters. The summed E-state index contributed by atoms with van der Waals surface area (Å²) < 4.78 is 0. The van der Waals surface area contributed by atoms with E-state index in [1.54, 1.807) is 37.2 Å². The van der Waals surface area contributed by atoms with E-state index in [-0.39, 0.29) is 11.8 Å². The zero-order chi connectivity index (χ0) is 25.4. The van der Waals surface area contributed by atoms with Crippen molar-refractivity contribution >= 4 is 33.8 Å². The van der Waals surface area contributed by atoms with Crippen LogP contribution in [0, 0.1) is 5.92 Å². The molecular weight excluding hydrogens is 466 g/mol. The van der Waals surface area contributed by atoms with Crippen LogP contribution in [0.4, 0.5) is 5.69 Å². The third-order valence-corrected chi connectivity index (χ3v) is 5.97. The van der Waals surface area contributed by atoms with Crippen LogP contribution < -0.4 is 5.32 Å². The molecule has 6 aromatic heterocycles. The van der Waals surface area contributed by atoms with E-state index in [1.165, 1.54) is 0 Å². The van der Waals surface area contributed by atoms with E-state index in [1.807, 2.05) is 44.2 Å². The molecule has 182 valence electrons. The number of carbonyl (C=O) groups is 1. The van der Waals surface area contributed by atoms with Crippen LogP contribution >= 0.6 is 0 Å². The highest BCUT2D eigenvalue weighted by Crippen LogP contribution is 2.32.